The number of fused-ring (bicyclic) bond motifs is 1. The molecule has 0 atom stereocenters. The number of hydrogen-bond acceptors (Lipinski definition) is 5. The molecule has 2 aromatic rings. The summed E-state index contributed by atoms with van der Waals surface area (Å²) in [4.78, 5) is 19.5. The van der Waals surface area contributed by atoms with Gasteiger partial charge in [0.2, 0.25) is 5.88 Å². The molecule has 0 saturated carbocycles. The maximum absolute atomic E-state index is 11.6. The van der Waals surface area contributed by atoms with Crippen molar-refractivity contribution in [1.82, 2.24) is 14.5 Å². The van der Waals surface area contributed by atoms with E-state index in [4.69, 9.17) is 9.84 Å². The molecule has 0 aromatic carbocycles. The zero-order valence-electron chi connectivity index (χ0n) is 8.75. The Hall–Kier alpha value is -1.95. The Morgan fingerprint density at radius 2 is 2.25 bits per heavy atom. The molecule has 2 aromatic heterocycles. The van der Waals surface area contributed by atoms with Crippen LogP contribution in [0, 0.1) is 0 Å². The van der Waals surface area contributed by atoms with E-state index in [9.17, 15) is 4.79 Å². The van der Waals surface area contributed by atoms with Crippen molar-refractivity contribution >= 4 is 11.0 Å². The van der Waals surface area contributed by atoms with Gasteiger partial charge in [-0.25, -0.2) is 9.97 Å². The van der Waals surface area contributed by atoms with Crippen LogP contribution in [0.4, 0.5) is 0 Å². The third kappa shape index (κ3) is 1.63. The van der Waals surface area contributed by atoms with Gasteiger partial charge in [0.05, 0.1) is 25.6 Å². The lowest BCUT2D eigenvalue weighted by Gasteiger charge is -2.08. The molecule has 84 valence electrons. The Labute approximate surface area is 91.1 Å². The average molecular weight is 221 g/mol. The minimum atomic E-state index is -0.206. The summed E-state index contributed by atoms with van der Waals surface area (Å²) in [7, 11) is 1.50. The SMILES string of the molecule is COc1ncnc2c1ccc(=O)n2CCO. The number of aliphatic hydroxyl groups is 1. The molecule has 1 N–H and O–H groups in total. The lowest BCUT2D eigenvalue weighted by Crippen LogP contribution is -2.21. The molecule has 0 radical (unpaired) electrons. The van der Waals surface area contributed by atoms with Crippen LogP contribution in [0.3, 0.4) is 0 Å². The van der Waals surface area contributed by atoms with Crippen molar-refractivity contribution in [2.75, 3.05) is 13.7 Å². The van der Waals surface area contributed by atoms with Crippen LogP contribution in [0.5, 0.6) is 5.88 Å². The molecule has 0 spiro atoms. The number of pyridine rings is 1. The summed E-state index contributed by atoms with van der Waals surface area (Å²) in [5.41, 5.74) is 0.260. The summed E-state index contributed by atoms with van der Waals surface area (Å²) >= 11 is 0. The van der Waals surface area contributed by atoms with E-state index in [1.165, 1.54) is 24.1 Å². The number of methoxy groups -OCH3 is 1. The summed E-state index contributed by atoms with van der Waals surface area (Å²) in [5, 5.41) is 9.55. The molecule has 0 unspecified atom stereocenters. The van der Waals surface area contributed by atoms with E-state index in [-0.39, 0.29) is 18.7 Å². The number of aliphatic hydroxyl groups excluding tert-OH is 1. The molecule has 0 bridgehead atoms. The highest BCUT2D eigenvalue weighted by molar-refractivity contribution is 5.80. The lowest BCUT2D eigenvalue weighted by molar-refractivity contribution is 0.276. The van der Waals surface area contributed by atoms with Gasteiger partial charge >= 0.3 is 0 Å². The van der Waals surface area contributed by atoms with Crippen LogP contribution in [-0.4, -0.2) is 33.4 Å². The molecule has 16 heavy (non-hydrogen) atoms. The second kappa shape index (κ2) is 4.28. The molecule has 0 aliphatic rings. The smallest absolute Gasteiger partial charge is 0.252 e. The van der Waals surface area contributed by atoms with Gasteiger partial charge < -0.3 is 9.84 Å². The summed E-state index contributed by atoms with van der Waals surface area (Å²) in [6, 6.07) is 3.02. The topological polar surface area (TPSA) is 77.2 Å². The predicted octanol–water partition coefficient (Wildman–Crippen LogP) is -0.208. The lowest BCUT2D eigenvalue weighted by atomic mass is 10.3. The van der Waals surface area contributed by atoms with Gasteiger partial charge in [-0.15, -0.1) is 0 Å². The molecule has 0 aliphatic heterocycles. The molecule has 0 amide bonds. The molecule has 6 nitrogen and oxygen atoms in total. The van der Waals surface area contributed by atoms with Crippen molar-refractivity contribution in [3.63, 3.8) is 0 Å². The van der Waals surface area contributed by atoms with E-state index in [0.29, 0.717) is 16.9 Å². The predicted molar refractivity (Wildman–Crippen MR) is 57.4 cm³/mol. The fraction of sp³-hybridized carbons (Fsp3) is 0.300. The molecule has 0 fully saturated rings. The number of aromatic nitrogens is 3. The Balaban J connectivity index is 2.78. The van der Waals surface area contributed by atoms with Crippen molar-refractivity contribution < 1.29 is 9.84 Å². The Morgan fingerprint density at radius 1 is 1.44 bits per heavy atom. The maximum atomic E-state index is 11.6. The van der Waals surface area contributed by atoms with E-state index < -0.39 is 0 Å². The third-order valence-corrected chi connectivity index (χ3v) is 2.26. The van der Waals surface area contributed by atoms with Crippen LogP contribution in [-0.2, 0) is 6.54 Å². The highest BCUT2D eigenvalue weighted by atomic mass is 16.5. The first-order chi connectivity index (χ1) is 7.77. The highest BCUT2D eigenvalue weighted by Crippen LogP contribution is 2.18. The van der Waals surface area contributed by atoms with Gasteiger partial charge in [0, 0.05) is 6.07 Å². The minimum Gasteiger partial charge on any atom is -0.480 e. The first-order valence-corrected chi connectivity index (χ1v) is 4.77. The van der Waals surface area contributed by atoms with Gasteiger partial charge in [-0.3, -0.25) is 9.36 Å². The Bertz CT molecular complexity index is 565. The number of rotatable bonds is 3. The van der Waals surface area contributed by atoms with Crippen LogP contribution >= 0.6 is 0 Å². The van der Waals surface area contributed by atoms with Gasteiger partial charge in [-0.05, 0) is 6.07 Å². The zero-order valence-corrected chi connectivity index (χ0v) is 8.75. The normalized spacial score (nSPS) is 10.6. The summed E-state index contributed by atoms with van der Waals surface area (Å²) in [6.45, 7) is 0.0850. The molecule has 0 saturated heterocycles. The van der Waals surface area contributed by atoms with Crippen molar-refractivity contribution in [2.24, 2.45) is 0 Å². The summed E-state index contributed by atoms with van der Waals surface area (Å²) < 4.78 is 6.46. The number of hydrogen-bond donors (Lipinski definition) is 1. The second-order valence-corrected chi connectivity index (χ2v) is 3.17. The molecule has 2 rings (SSSR count). The molecular weight excluding hydrogens is 210 g/mol. The van der Waals surface area contributed by atoms with E-state index in [2.05, 4.69) is 9.97 Å². The Kier molecular flexibility index (Phi) is 2.82. The number of ether oxygens (including phenoxy) is 1. The van der Waals surface area contributed by atoms with E-state index >= 15 is 0 Å². The number of nitrogens with zero attached hydrogens (tertiary/aromatic N) is 3. The van der Waals surface area contributed by atoms with Crippen molar-refractivity contribution in [1.29, 1.82) is 0 Å². The summed E-state index contributed by atoms with van der Waals surface area (Å²) in [6.07, 6.45) is 1.33. The van der Waals surface area contributed by atoms with Crippen LogP contribution in [0.15, 0.2) is 23.3 Å². The van der Waals surface area contributed by atoms with Crippen LogP contribution < -0.4 is 10.3 Å². The van der Waals surface area contributed by atoms with Gasteiger partial charge in [0.25, 0.3) is 5.56 Å². The molecule has 6 heteroatoms. The fourth-order valence-electron chi connectivity index (χ4n) is 1.56. The molecule has 0 aliphatic carbocycles. The first kappa shape index (κ1) is 10.6. The average Bonchev–Trinajstić information content (AvgIpc) is 2.32. The maximum Gasteiger partial charge on any atom is 0.252 e. The monoisotopic (exact) mass is 221 g/mol. The third-order valence-electron chi connectivity index (χ3n) is 2.26. The van der Waals surface area contributed by atoms with Crippen LogP contribution in [0.25, 0.3) is 11.0 Å². The van der Waals surface area contributed by atoms with Gasteiger partial charge in [0.1, 0.15) is 12.0 Å². The van der Waals surface area contributed by atoms with Gasteiger partial charge in [0.15, 0.2) is 0 Å². The quantitative estimate of drug-likeness (QED) is 0.776. The van der Waals surface area contributed by atoms with E-state index in [0.717, 1.165) is 0 Å². The van der Waals surface area contributed by atoms with Gasteiger partial charge in [-0.1, -0.05) is 0 Å². The van der Waals surface area contributed by atoms with Crippen molar-refractivity contribution in [3.05, 3.63) is 28.8 Å². The largest absolute Gasteiger partial charge is 0.480 e. The van der Waals surface area contributed by atoms with Gasteiger partial charge in [-0.2, -0.15) is 0 Å². The second-order valence-electron chi connectivity index (χ2n) is 3.17. The highest BCUT2D eigenvalue weighted by Gasteiger charge is 2.08. The minimum absolute atomic E-state index is 0.120. The fourth-order valence-corrected chi connectivity index (χ4v) is 1.56. The zero-order chi connectivity index (χ0) is 11.5. The molecule has 2 heterocycles. The molecular formula is C10H11N3O3. The first-order valence-electron chi connectivity index (χ1n) is 4.77. The van der Waals surface area contributed by atoms with E-state index in [1.54, 1.807) is 6.07 Å². The van der Waals surface area contributed by atoms with Crippen molar-refractivity contribution in [3.8, 4) is 5.88 Å². The van der Waals surface area contributed by atoms with E-state index in [1.807, 2.05) is 0 Å². The summed E-state index contributed by atoms with van der Waals surface area (Å²) in [5.74, 6) is 0.414. The Morgan fingerprint density at radius 3 is 2.94 bits per heavy atom. The van der Waals surface area contributed by atoms with Crippen LogP contribution in [0.2, 0.25) is 0 Å². The van der Waals surface area contributed by atoms with Crippen LogP contribution in [0.1, 0.15) is 0 Å². The standard InChI is InChI=1S/C10H11N3O3/c1-16-10-7-2-3-8(15)13(4-5-14)9(7)11-6-12-10/h2-3,6,14H,4-5H2,1H3. The van der Waals surface area contributed by atoms with Crippen molar-refractivity contribution in [2.45, 2.75) is 6.54 Å².